The summed E-state index contributed by atoms with van der Waals surface area (Å²) in [4.78, 5) is 11.3. The Morgan fingerprint density at radius 2 is 2.00 bits per heavy atom. The van der Waals surface area contributed by atoms with Crippen LogP contribution in [0.4, 0.5) is 0 Å². The van der Waals surface area contributed by atoms with Gasteiger partial charge in [0.2, 0.25) is 5.91 Å². The van der Waals surface area contributed by atoms with Crippen molar-refractivity contribution in [1.29, 1.82) is 0 Å². The molecule has 0 spiro atoms. The van der Waals surface area contributed by atoms with E-state index in [1.54, 1.807) is 0 Å². The zero-order chi connectivity index (χ0) is 11.0. The topological polar surface area (TPSA) is 55.1 Å². The van der Waals surface area contributed by atoms with Gasteiger partial charge in [-0.25, -0.2) is 0 Å². The van der Waals surface area contributed by atoms with Gasteiger partial charge in [-0.15, -0.1) is 0 Å². The maximum Gasteiger partial charge on any atom is 0.220 e. The van der Waals surface area contributed by atoms with Crippen molar-refractivity contribution >= 4 is 5.91 Å². The quantitative estimate of drug-likeness (QED) is 0.614. The van der Waals surface area contributed by atoms with Gasteiger partial charge in [0.1, 0.15) is 0 Å². The van der Waals surface area contributed by atoms with Crippen LogP contribution in [0, 0.1) is 5.92 Å². The first-order chi connectivity index (χ1) is 6.57. The molecule has 14 heavy (non-hydrogen) atoms. The molecule has 0 saturated carbocycles. The van der Waals surface area contributed by atoms with Gasteiger partial charge < -0.3 is 11.1 Å². The largest absolute Gasteiger partial charge is 0.355 e. The second-order valence-electron chi connectivity index (χ2n) is 4.17. The van der Waals surface area contributed by atoms with E-state index in [0.717, 1.165) is 19.3 Å². The molecule has 0 fully saturated rings. The summed E-state index contributed by atoms with van der Waals surface area (Å²) in [6.45, 7) is 6.86. The van der Waals surface area contributed by atoms with Crippen LogP contribution in [0.1, 0.15) is 46.5 Å². The van der Waals surface area contributed by atoms with E-state index in [2.05, 4.69) is 26.1 Å². The highest BCUT2D eigenvalue weighted by Gasteiger charge is 2.08. The smallest absolute Gasteiger partial charge is 0.220 e. The molecule has 0 heterocycles. The molecule has 0 aromatic carbocycles. The van der Waals surface area contributed by atoms with Crippen molar-refractivity contribution in [2.75, 3.05) is 6.54 Å². The van der Waals surface area contributed by atoms with Crippen LogP contribution in [0.25, 0.3) is 0 Å². The number of nitrogens with one attached hydrogen (secondary N) is 1. The molecule has 3 nitrogen and oxygen atoms in total. The first kappa shape index (κ1) is 13.4. The Balaban J connectivity index is 3.44. The molecular formula is C11H24N2O. The minimum Gasteiger partial charge on any atom is -0.355 e. The molecule has 0 aromatic heterocycles. The Hall–Kier alpha value is -0.570. The summed E-state index contributed by atoms with van der Waals surface area (Å²) in [7, 11) is 0. The van der Waals surface area contributed by atoms with Crippen molar-refractivity contribution in [3.63, 3.8) is 0 Å². The van der Waals surface area contributed by atoms with E-state index < -0.39 is 0 Å². The number of amides is 1. The Labute approximate surface area is 87.4 Å². The molecule has 0 bridgehead atoms. The molecule has 0 aliphatic carbocycles. The van der Waals surface area contributed by atoms with E-state index >= 15 is 0 Å². The highest BCUT2D eigenvalue weighted by Crippen LogP contribution is 1.99. The number of rotatable bonds is 7. The Morgan fingerprint density at radius 3 is 2.50 bits per heavy atom. The van der Waals surface area contributed by atoms with Gasteiger partial charge in [-0.05, 0) is 12.3 Å². The van der Waals surface area contributed by atoms with Gasteiger partial charge in [0.05, 0.1) is 0 Å². The molecule has 0 aliphatic heterocycles. The van der Waals surface area contributed by atoms with Gasteiger partial charge in [0.25, 0.3) is 0 Å². The van der Waals surface area contributed by atoms with Crippen LogP contribution in [0.15, 0.2) is 0 Å². The molecule has 0 radical (unpaired) electrons. The van der Waals surface area contributed by atoms with Crippen LogP contribution in [-0.2, 0) is 4.79 Å². The second kappa shape index (κ2) is 7.80. The summed E-state index contributed by atoms with van der Waals surface area (Å²) < 4.78 is 0. The number of carbonyl (C=O) groups is 1. The van der Waals surface area contributed by atoms with Crippen LogP contribution in [0.3, 0.4) is 0 Å². The molecule has 1 unspecified atom stereocenters. The summed E-state index contributed by atoms with van der Waals surface area (Å²) >= 11 is 0. The third-order valence-corrected chi connectivity index (χ3v) is 2.40. The Bertz CT molecular complexity index is 157. The van der Waals surface area contributed by atoms with Crippen LogP contribution >= 0.6 is 0 Å². The summed E-state index contributed by atoms with van der Waals surface area (Å²) in [5, 5.41) is 2.86. The summed E-state index contributed by atoms with van der Waals surface area (Å²) in [6.07, 6.45) is 3.90. The minimum absolute atomic E-state index is 0.0742. The Kier molecular flexibility index (Phi) is 7.48. The molecule has 3 N–H and O–H groups in total. The van der Waals surface area contributed by atoms with E-state index in [9.17, 15) is 4.79 Å². The number of nitrogens with two attached hydrogens (primary N) is 1. The number of hydrogen-bond acceptors (Lipinski definition) is 2. The van der Waals surface area contributed by atoms with Crippen molar-refractivity contribution in [3.05, 3.63) is 0 Å². The van der Waals surface area contributed by atoms with Gasteiger partial charge in [-0.1, -0.05) is 33.6 Å². The van der Waals surface area contributed by atoms with Gasteiger partial charge in [-0.2, -0.15) is 0 Å². The summed E-state index contributed by atoms with van der Waals surface area (Å²) in [6, 6.07) is 0.0742. The third-order valence-electron chi connectivity index (χ3n) is 2.40. The fraction of sp³-hybridized carbons (Fsp3) is 0.909. The highest BCUT2D eigenvalue weighted by atomic mass is 16.1. The van der Waals surface area contributed by atoms with Crippen molar-refractivity contribution in [3.8, 4) is 0 Å². The normalized spacial score (nSPS) is 12.9. The zero-order valence-corrected chi connectivity index (χ0v) is 9.68. The van der Waals surface area contributed by atoms with Crippen molar-refractivity contribution in [2.45, 2.75) is 52.5 Å². The van der Waals surface area contributed by atoms with Crippen LogP contribution in [0.5, 0.6) is 0 Å². The predicted octanol–water partition coefficient (Wildman–Crippen LogP) is 1.67. The maximum atomic E-state index is 11.3. The average molecular weight is 200 g/mol. The predicted molar refractivity (Wildman–Crippen MR) is 60.0 cm³/mol. The number of carbonyl (C=O) groups excluding carboxylic acids is 1. The van der Waals surface area contributed by atoms with E-state index in [1.807, 2.05) is 0 Å². The van der Waals surface area contributed by atoms with E-state index in [0.29, 0.717) is 18.9 Å². The molecule has 0 aromatic rings. The van der Waals surface area contributed by atoms with Crippen LogP contribution < -0.4 is 11.1 Å². The van der Waals surface area contributed by atoms with Crippen LogP contribution in [0.2, 0.25) is 0 Å². The standard InChI is InChI=1S/C11H24N2O/c1-4-5-6-7-11(14)13-8-10(12)9(2)3/h9-10H,4-8,12H2,1-3H3,(H,13,14). The second-order valence-corrected chi connectivity index (χ2v) is 4.17. The van der Waals surface area contributed by atoms with Crippen molar-refractivity contribution in [1.82, 2.24) is 5.32 Å². The lowest BCUT2D eigenvalue weighted by Crippen LogP contribution is -2.40. The van der Waals surface area contributed by atoms with Gasteiger partial charge in [0.15, 0.2) is 0 Å². The zero-order valence-electron chi connectivity index (χ0n) is 9.68. The van der Waals surface area contributed by atoms with Crippen molar-refractivity contribution < 1.29 is 4.79 Å². The molecule has 0 rings (SSSR count). The van der Waals surface area contributed by atoms with Crippen LogP contribution in [-0.4, -0.2) is 18.5 Å². The maximum absolute atomic E-state index is 11.3. The molecule has 0 aliphatic rings. The summed E-state index contributed by atoms with van der Waals surface area (Å²) in [5.74, 6) is 0.556. The van der Waals surface area contributed by atoms with E-state index in [1.165, 1.54) is 0 Å². The van der Waals surface area contributed by atoms with E-state index in [4.69, 9.17) is 5.73 Å². The van der Waals surface area contributed by atoms with Crippen molar-refractivity contribution in [2.24, 2.45) is 11.7 Å². The molecule has 84 valence electrons. The molecule has 1 atom stereocenters. The van der Waals surface area contributed by atoms with Gasteiger partial charge in [0, 0.05) is 19.0 Å². The first-order valence-electron chi connectivity index (χ1n) is 5.60. The molecule has 1 amide bonds. The minimum atomic E-state index is 0.0742. The Morgan fingerprint density at radius 1 is 1.36 bits per heavy atom. The lowest BCUT2D eigenvalue weighted by molar-refractivity contribution is -0.121. The summed E-state index contributed by atoms with van der Waals surface area (Å²) in [5.41, 5.74) is 5.80. The fourth-order valence-electron chi connectivity index (χ4n) is 1.09. The number of hydrogen-bond donors (Lipinski definition) is 2. The fourth-order valence-corrected chi connectivity index (χ4v) is 1.09. The van der Waals surface area contributed by atoms with E-state index in [-0.39, 0.29) is 11.9 Å². The SMILES string of the molecule is CCCCCC(=O)NCC(N)C(C)C. The number of unbranched alkanes of at least 4 members (excludes halogenated alkanes) is 2. The molecule has 0 saturated heterocycles. The first-order valence-corrected chi connectivity index (χ1v) is 5.60. The van der Waals surface area contributed by atoms with Gasteiger partial charge >= 0.3 is 0 Å². The molecule has 3 heteroatoms. The third kappa shape index (κ3) is 6.89. The lowest BCUT2D eigenvalue weighted by atomic mass is 10.1. The average Bonchev–Trinajstić information content (AvgIpc) is 2.14. The van der Waals surface area contributed by atoms with Gasteiger partial charge in [-0.3, -0.25) is 4.79 Å². The molecular weight excluding hydrogens is 176 g/mol. The monoisotopic (exact) mass is 200 g/mol. The lowest BCUT2D eigenvalue weighted by Gasteiger charge is -2.15. The highest BCUT2D eigenvalue weighted by molar-refractivity contribution is 5.75.